The molecule has 1 aromatic rings. The second-order valence-corrected chi connectivity index (χ2v) is 8.29. The Kier molecular flexibility index (Phi) is 6.11. The number of sulfonamides is 1. The quantitative estimate of drug-likeness (QED) is 0.828. The highest BCUT2D eigenvalue weighted by Gasteiger charge is 2.33. The molecular formula is C16H23ClN2O4S. The van der Waals surface area contributed by atoms with Crippen molar-refractivity contribution in [3.05, 3.63) is 23.2 Å². The van der Waals surface area contributed by atoms with Gasteiger partial charge in [-0.3, -0.25) is 4.79 Å². The van der Waals surface area contributed by atoms with Gasteiger partial charge >= 0.3 is 0 Å². The zero-order chi connectivity index (χ0) is 17.9. The van der Waals surface area contributed by atoms with Crippen LogP contribution in [0.15, 0.2) is 23.1 Å². The fourth-order valence-electron chi connectivity index (χ4n) is 2.70. The van der Waals surface area contributed by atoms with E-state index < -0.39 is 16.1 Å². The average Bonchev–Trinajstić information content (AvgIpc) is 3.06. The minimum Gasteiger partial charge on any atom is -0.495 e. The average molecular weight is 375 g/mol. The molecule has 1 aliphatic rings. The molecule has 134 valence electrons. The van der Waals surface area contributed by atoms with Crippen LogP contribution in [0.4, 0.5) is 0 Å². The number of amides is 1. The molecule has 8 heteroatoms. The summed E-state index contributed by atoms with van der Waals surface area (Å²) in [6.07, 6.45) is 1.90. The number of nitrogens with one attached hydrogen (secondary N) is 1. The Balaban J connectivity index is 2.31. The van der Waals surface area contributed by atoms with Crippen molar-refractivity contribution in [1.29, 1.82) is 0 Å². The van der Waals surface area contributed by atoms with Crippen LogP contribution in [0.1, 0.15) is 26.7 Å². The van der Waals surface area contributed by atoms with E-state index in [9.17, 15) is 13.2 Å². The third kappa shape index (κ3) is 4.20. The normalized spacial score (nSPS) is 16.5. The molecule has 0 bridgehead atoms. The predicted octanol–water partition coefficient (Wildman–Crippen LogP) is 2.27. The third-order valence-electron chi connectivity index (χ3n) is 4.05. The number of carbonyl (C=O) groups is 1. The van der Waals surface area contributed by atoms with Gasteiger partial charge in [-0.1, -0.05) is 25.4 Å². The predicted molar refractivity (Wildman–Crippen MR) is 92.8 cm³/mol. The monoisotopic (exact) mass is 374 g/mol. The summed E-state index contributed by atoms with van der Waals surface area (Å²) in [5.74, 6) is -0.187. The summed E-state index contributed by atoms with van der Waals surface area (Å²) in [6.45, 7) is 4.97. The number of benzene rings is 1. The van der Waals surface area contributed by atoms with Crippen LogP contribution in [0, 0.1) is 5.92 Å². The van der Waals surface area contributed by atoms with Crippen LogP contribution < -0.4 is 9.46 Å². The number of hydrogen-bond donors (Lipinski definition) is 1. The lowest BCUT2D eigenvalue weighted by atomic mass is 10.0. The number of nitrogens with zero attached hydrogens (tertiary/aromatic N) is 1. The van der Waals surface area contributed by atoms with Gasteiger partial charge in [0.15, 0.2) is 0 Å². The molecule has 0 radical (unpaired) electrons. The highest BCUT2D eigenvalue weighted by atomic mass is 35.5. The Bertz CT molecular complexity index is 700. The number of rotatable bonds is 6. The first kappa shape index (κ1) is 19.0. The Morgan fingerprint density at radius 3 is 2.46 bits per heavy atom. The number of halogens is 1. The topological polar surface area (TPSA) is 75.7 Å². The largest absolute Gasteiger partial charge is 0.495 e. The number of ether oxygens (including phenoxy) is 1. The van der Waals surface area contributed by atoms with E-state index in [-0.39, 0.29) is 27.5 Å². The standard InChI is InChI=1S/C16H23ClN2O4S/c1-11(2)15(16(20)19-8-4-5-9-19)18-24(21,22)14-10-12(17)6-7-13(14)23-3/h6-7,10-11,15,18H,4-5,8-9H2,1-3H3/t15-/m0/s1. The SMILES string of the molecule is COc1ccc(Cl)cc1S(=O)(=O)N[C@H](C(=O)N1CCCC1)C(C)C. The summed E-state index contributed by atoms with van der Waals surface area (Å²) in [4.78, 5) is 14.3. The Labute approximate surface area is 148 Å². The van der Waals surface area contributed by atoms with E-state index in [1.165, 1.54) is 19.2 Å². The molecule has 1 heterocycles. The maximum absolute atomic E-state index is 12.8. The number of likely N-dealkylation sites (tertiary alicyclic amines) is 1. The second kappa shape index (κ2) is 7.72. The van der Waals surface area contributed by atoms with Gasteiger partial charge < -0.3 is 9.64 Å². The van der Waals surface area contributed by atoms with Gasteiger partial charge in [-0.15, -0.1) is 0 Å². The fourth-order valence-corrected chi connectivity index (χ4v) is 4.47. The summed E-state index contributed by atoms with van der Waals surface area (Å²) in [5.41, 5.74) is 0. The number of carbonyl (C=O) groups excluding carboxylic acids is 1. The van der Waals surface area contributed by atoms with Crippen molar-refractivity contribution < 1.29 is 17.9 Å². The first-order valence-electron chi connectivity index (χ1n) is 7.91. The van der Waals surface area contributed by atoms with Crippen molar-refractivity contribution in [2.75, 3.05) is 20.2 Å². The van der Waals surface area contributed by atoms with Gasteiger partial charge in [-0.05, 0) is 37.0 Å². The molecule has 1 N–H and O–H groups in total. The van der Waals surface area contributed by atoms with Crippen LogP contribution in [-0.2, 0) is 14.8 Å². The Morgan fingerprint density at radius 1 is 1.29 bits per heavy atom. The van der Waals surface area contributed by atoms with Gasteiger partial charge in [-0.25, -0.2) is 8.42 Å². The molecule has 0 aromatic heterocycles. The Morgan fingerprint density at radius 2 is 1.92 bits per heavy atom. The first-order valence-corrected chi connectivity index (χ1v) is 9.77. The molecule has 6 nitrogen and oxygen atoms in total. The zero-order valence-electron chi connectivity index (χ0n) is 14.1. The van der Waals surface area contributed by atoms with E-state index in [1.807, 2.05) is 13.8 Å². The number of hydrogen-bond acceptors (Lipinski definition) is 4. The molecule has 1 aromatic carbocycles. The summed E-state index contributed by atoms with van der Waals surface area (Å²) in [6, 6.07) is 3.54. The van der Waals surface area contributed by atoms with Crippen LogP contribution in [0.5, 0.6) is 5.75 Å². The van der Waals surface area contributed by atoms with Crippen molar-refractivity contribution in [3.8, 4) is 5.75 Å². The molecule has 1 aliphatic heterocycles. The molecule has 2 rings (SSSR count). The van der Waals surface area contributed by atoms with E-state index in [0.29, 0.717) is 13.1 Å². The van der Waals surface area contributed by atoms with Crippen molar-refractivity contribution in [1.82, 2.24) is 9.62 Å². The lowest BCUT2D eigenvalue weighted by Gasteiger charge is -2.26. The van der Waals surface area contributed by atoms with Gasteiger partial charge in [0.1, 0.15) is 16.7 Å². The van der Waals surface area contributed by atoms with Gasteiger partial charge in [0.25, 0.3) is 0 Å². The highest BCUT2D eigenvalue weighted by molar-refractivity contribution is 7.89. The molecule has 1 atom stereocenters. The fraction of sp³-hybridized carbons (Fsp3) is 0.562. The molecule has 0 unspecified atom stereocenters. The highest BCUT2D eigenvalue weighted by Crippen LogP contribution is 2.27. The maximum atomic E-state index is 12.8. The van der Waals surface area contributed by atoms with Gasteiger partial charge in [-0.2, -0.15) is 4.72 Å². The van der Waals surface area contributed by atoms with Gasteiger partial charge in [0.05, 0.1) is 7.11 Å². The zero-order valence-corrected chi connectivity index (χ0v) is 15.7. The summed E-state index contributed by atoms with van der Waals surface area (Å²) in [7, 11) is -2.56. The van der Waals surface area contributed by atoms with Gasteiger partial charge in [0.2, 0.25) is 15.9 Å². The van der Waals surface area contributed by atoms with Crippen LogP contribution in [0.2, 0.25) is 5.02 Å². The van der Waals surface area contributed by atoms with E-state index in [1.54, 1.807) is 11.0 Å². The smallest absolute Gasteiger partial charge is 0.245 e. The van der Waals surface area contributed by atoms with Crippen LogP contribution in [0.25, 0.3) is 0 Å². The van der Waals surface area contributed by atoms with E-state index in [0.717, 1.165) is 12.8 Å². The van der Waals surface area contributed by atoms with Crippen molar-refractivity contribution in [3.63, 3.8) is 0 Å². The minimum atomic E-state index is -3.95. The summed E-state index contributed by atoms with van der Waals surface area (Å²) >= 11 is 5.92. The van der Waals surface area contributed by atoms with E-state index in [4.69, 9.17) is 16.3 Å². The first-order chi connectivity index (χ1) is 11.3. The minimum absolute atomic E-state index is 0.0719. The molecule has 1 amide bonds. The van der Waals surface area contributed by atoms with Crippen LogP contribution in [-0.4, -0.2) is 45.5 Å². The van der Waals surface area contributed by atoms with Crippen molar-refractivity contribution in [2.45, 2.75) is 37.6 Å². The molecule has 0 aliphatic carbocycles. The molecule has 1 saturated heterocycles. The van der Waals surface area contributed by atoms with Crippen LogP contribution >= 0.6 is 11.6 Å². The van der Waals surface area contributed by atoms with Crippen molar-refractivity contribution in [2.24, 2.45) is 5.92 Å². The molecule has 0 saturated carbocycles. The van der Waals surface area contributed by atoms with Gasteiger partial charge in [0, 0.05) is 18.1 Å². The summed E-state index contributed by atoms with van der Waals surface area (Å²) < 4.78 is 33.2. The molecular weight excluding hydrogens is 352 g/mol. The maximum Gasteiger partial charge on any atom is 0.245 e. The number of methoxy groups -OCH3 is 1. The lowest BCUT2D eigenvalue weighted by Crippen LogP contribution is -2.50. The Hall–Kier alpha value is -1.31. The summed E-state index contributed by atoms with van der Waals surface area (Å²) in [5, 5.41) is 0.281. The molecule has 0 spiro atoms. The van der Waals surface area contributed by atoms with E-state index >= 15 is 0 Å². The van der Waals surface area contributed by atoms with Crippen molar-refractivity contribution >= 4 is 27.5 Å². The third-order valence-corrected chi connectivity index (χ3v) is 5.75. The second-order valence-electron chi connectivity index (χ2n) is 6.17. The van der Waals surface area contributed by atoms with E-state index in [2.05, 4.69) is 4.72 Å². The van der Waals surface area contributed by atoms with Crippen LogP contribution in [0.3, 0.4) is 0 Å². The molecule has 1 fully saturated rings. The molecule has 24 heavy (non-hydrogen) atoms. The lowest BCUT2D eigenvalue weighted by molar-refractivity contribution is -0.132.